The molecule has 3 aromatic rings. The van der Waals surface area contributed by atoms with Crippen LogP contribution in [0.15, 0.2) is 79.1 Å². The van der Waals surface area contributed by atoms with Gasteiger partial charge in [-0.25, -0.2) is 0 Å². The van der Waals surface area contributed by atoms with Crippen LogP contribution in [-0.2, 0) is 11.3 Å². The van der Waals surface area contributed by atoms with Crippen molar-refractivity contribution < 1.29 is 9.53 Å². The summed E-state index contributed by atoms with van der Waals surface area (Å²) in [5.41, 5.74) is 1.97. The van der Waals surface area contributed by atoms with Crippen molar-refractivity contribution in [1.29, 1.82) is 0 Å². The van der Waals surface area contributed by atoms with Crippen molar-refractivity contribution in [1.82, 2.24) is 15.2 Å². The van der Waals surface area contributed by atoms with E-state index in [-0.39, 0.29) is 5.91 Å². The molecule has 1 aromatic heterocycles. The Labute approximate surface area is 183 Å². The number of pyridine rings is 1. The fourth-order valence-corrected chi connectivity index (χ4v) is 3.69. The summed E-state index contributed by atoms with van der Waals surface area (Å²) in [5, 5.41) is 6.57. The summed E-state index contributed by atoms with van der Waals surface area (Å²) in [6.45, 7) is 3.09. The highest BCUT2D eigenvalue weighted by atomic mass is 16.5. The van der Waals surface area contributed by atoms with Crippen LogP contribution < -0.4 is 15.4 Å². The molecule has 1 fully saturated rings. The number of rotatable bonds is 8. The van der Waals surface area contributed by atoms with Crippen LogP contribution in [0, 0.1) is 0 Å². The van der Waals surface area contributed by atoms with Crippen molar-refractivity contribution in [2.75, 3.05) is 25.0 Å². The van der Waals surface area contributed by atoms with Gasteiger partial charge >= 0.3 is 0 Å². The predicted octanol–water partition coefficient (Wildman–Crippen LogP) is 4.07. The first-order chi connectivity index (χ1) is 15.2. The van der Waals surface area contributed by atoms with E-state index in [9.17, 15) is 4.79 Å². The van der Waals surface area contributed by atoms with Gasteiger partial charge in [0.25, 0.3) is 0 Å². The van der Waals surface area contributed by atoms with Crippen LogP contribution in [-0.4, -0.2) is 41.5 Å². The lowest BCUT2D eigenvalue weighted by atomic mass is 10.0. The van der Waals surface area contributed by atoms with Crippen molar-refractivity contribution in [3.05, 3.63) is 84.7 Å². The Morgan fingerprint density at radius 2 is 1.71 bits per heavy atom. The van der Waals surface area contributed by atoms with Crippen molar-refractivity contribution in [3.63, 3.8) is 0 Å². The number of hydrogen-bond donors (Lipinski definition) is 2. The summed E-state index contributed by atoms with van der Waals surface area (Å²) >= 11 is 0. The summed E-state index contributed by atoms with van der Waals surface area (Å²) in [6, 6.07) is 21.6. The average molecular weight is 417 g/mol. The lowest BCUT2D eigenvalue weighted by Crippen LogP contribution is -2.44. The van der Waals surface area contributed by atoms with Gasteiger partial charge in [-0.2, -0.15) is 0 Å². The lowest BCUT2D eigenvalue weighted by Gasteiger charge is -2.32. The van der Waals surface area contributed by atoms with E-state index in [0.717, 1.165) is 49.7 Å². The normalized spacial score (nSPS) is 14.8. The fraction of sp³-hybridized carbons (Fsp3) is 0.280. The van der Waals surface area contributed by atoms with Crippen LogP contribution in [0.5, 0.6) is 11.5 Å². The molecular weight excluding hydrogens is 388 g/mol. The van der Waals surface area contributed by atoms with Crippen LogP contribution in [0.4, 0.5) is 5.69 Å². The molecule has 1 amide bonds. The summed E-state index contributed by atoms with van der Waals surface area (Å²) < 4.78 is 5.79. The van der Waals surface area contributed by atoms with E-state index in [0.29, 0.717) is 12.6 Å². The molecule has 0 atom stereocenters. The van der Waals surface area contributed by atoms with Crippen LogP contribution >= 0.6 is 0 Å². The average Bonchev–Trinajstić information content (AvgIpc) is 2.81. The highest BCUT2D eigenvalue weighted by Gasteiger charge is 2.20. The molecule has 0 spiro atoms. The quantitative estimate of drug-likeness (QED) is 0.580. The summed E-state index contributed by atoms with van der Waals surface area (Å²) in [4.78, 5) is 18.8. The number of hydrogen-bond acceptors (Lipinski definition) is 5. The minimum atomic E-state index is 0.0125. The number of para-hydroxylation sites is 1. The number of carbonyl (C=O) groups is 1. The molecule has 1 aliphatic rings. The Morgan fingerprint density at radius 3 is 2.42 bits per heavy atom. The molecule has 2 heterocycles. The van der Waals surface area contributed by atoms with Gasteiger partial charge in [-0.1, -0.05) is 24.3 Å². The second kappa shape index (κ2) is 10.7. The molecule has 6 nitrogen and oxygen atoms in total. The Bertz CT molecular complexity index is 940. The third-order valence-corrected chi connectivity index (χ3v) is 5.39. The second-order valence-electron chi connectivity index (χ2n) is 7.78. The van der Waals surface area contributed by atoms with E-state index in [1.165, 1.54) is 5.56 Å². The maximum atomic E-state index is 12.4. The summed E-state index contributed by atoms with van der Waals surface area (Å²) in [5.74, 6) is 1.54. The monoisotopic (exact) mass is 416 g/mol. The SMILES string of the molecule is O=C(CN1CCC(NCc2cccnc2)CC1)Nc1ccc(Oc2ccccc2)cc1. The number of ether oxygens (including phenoxy) is 1. The second-order valence-corrected chi connectivity index (χ2v) is 7.78. The highest BCUT2D eigenvalue weighted by Crippen LogP contribution is 2.22. The van der Waals surface area contributed by atoms with Gasteiger partial charge in [-0.05, 0) is 60.9 Å². The molecule has 6 heteroatoms. The van der Waals surface area contributed by atoms with Gasteiger partial charge in [0, 0.05) is 43.8 Å². The highest BCUT2D eigenvalue weighted by molar-refractivity contribution is 5.92. The molecule has 31 heavy (non-hydrogen) atoms. The first-order valence-corrected chi connectivity index (χ1v) is 10.7. The number of piperidine rings is 1. The Hall–Kier alpha value is -3.22. The van der Waals surface area contributed by atoms with E-state index in [4.69, 9.17) is 4.74 Å². The van der Waals surface area contributed by atoms with Gasteiger partial charge < -0.3 is 15.4 Å². The lowest BCUT2D eigenvalue weighted by molar-refractivity contribution is -0.117. The molecule has 0 aliphatic carbocycles. The minimum Gasteiger partial charge on any atom is -0.457 e. The molecule has 2 N–H and O–H groups in total. The van der Waals surface area contributed by atoms with Crippen molar-refractivity contribution in [2.45, 2.75) is 25.4 Å². The number of aromatic nitrogens is 1. The van der Waals surface area contributed by atoms with E-state index in [1.807, 2.05) is 66.9 Å². The van der Waals surface area contributed by atoms with Crippen molar-refractivity contribution >= 4 is 11.6 Å². The molecule has 1 saturated heterocycles. The first kappa shape index (κ1) is 21.0. The van der Waals surface area contributed by atoms with Crippen LogP contribution in [0.2, 0.25) is 0 Å². The van der Waals surface area contributed by atoms with E-state index in [2.05, 4.69) is 26.6 Å². The number of carbonyl (C=O) groups excluding carboxylic acids is 1. The van der Waals surface area contributed by atoms with E-state index in [1.54, 1.807) is 6.20 Å². The maximum Gasteiger partial charge on any atom is 0.238 e. The minimum absolute atomic E-state index is 0.0125. The number of benzene rings is 2. The Kier molecular flexibility index (Phi) is 7.26. The van der Waals surface area contributed by atoms with E-state index < -0.39 is 0 Å². The Morgan fingerprint density at radius 1 is 0.968 bits per heavy atom. The topological polar surface area (TPSA) is 66.5 Å². The summed E-state index contributed by atoms with van der Waals surface area (Å²) in [7, 11) is 0. The third kappa shape index (κ3) is 6.64. The third-order valence-electron chi connectivity index (χ3n) is 5.39. The number of likely N-dealkylation sites (tertiary alicyclic amines) is 1. The standard InChI is InChI=1S/C25H28N4O2/c30-25(28-22-8-10-24(11-9-22)31-23-6-2-1-3-7-23)19-29-15-12-21(13-16-29)27-18-20-5-4-14-26-17-20/h1-11,14,17,21,27H,12-13,15-16,18-19H2,(H,28,30). The fourth-order valence-electron chi connectivity index (χ4n) is 3.69. The molecule has 4 rings (SSSR count). The van der Waals surface area contributed by atoms with Crippen LogP contribution in [0.25, 0.3) is 0 Å². The van der Waals surface area contributed by atoms with Crippen LogP contribution in [0.1, 0.15) is 18.4 Å². The number of nitrogens with zero attached hydrogens (tertiary/aromatic N) is 2. The van der Waals surface area contributed by atoms with Gasteiger partial charge in [0.05, 0.1) is 6.54 Å². The zero-order valence-electron chi connectivity index (χ0n) is 17.5. The molecule has 0 unspecified atom stereocenters. The van der Waals surface area contributed by atoms with Gasteiger partial charge in [-0.15, -0.1) is 0 Å². The van der Waals surface area contributed by atoms with E-state index >= 15 is 0 Å². The molecule has 0 saturated carbocycles. The molecule has 1 aliphatic heterocycles. The van der Waals surface area contributed by atoms with Crippen molar-refractivity contribution in [2.24, 2.45) is 0 Å². The maximum absolute atomic E-state index is 12.4. The molecule has 0 radical (unpaired) electrons. The smallest absolute Gasteiger partial charge is 0.238 e. The van der Waals surface area contributed by atoms with Gasteiger partial charge in [-0.3, -0.25) is 14.7 Å². The molecular formula is C25H28N4O2. The van der Waals surface area contributed by atoms with Gasteiger partial charge in [0.2, 0.25) is 5.91 Å². The first-order valence-electron chi connectivity index (χ1n) is 10.7. The molecule has 0 bridgehead atoms. The molecule has 160 valence electrons. The van der Waals surface area contributed by atoms with Crippen molar-refractivity contribution in [3.8, 4) is 11.5 Å². The zero-order valence-corrected chi connectivity index (χ0v) is 17.5. The molecule has 2 aromatic carbocycles. The zero-order chi connectivity index (χ0) is 21.3. The number of nitrogens with one attached hydrogen (secondary N) is 2. The van der Waals surface area contributed by atoms with Gasteiger partial charge in [0.1, 0.15) is 11.5 Å². The van der Waals surface area contributed by atoms with Crippen LogP contribution in [0.3, 0.4) is 0 Å². The summed E-state index contributed by atoms with van der Waals surface area (Å²) in [6.07, 6.45) is 5.77. The predicted molar refractivity (Wildman–Crippen MR) is 122 cm³/mol. The number of anilines is 1. The van der Waals surface area contributed by atoms with Gasteiger partial charge in [0.15, 0.2) is 0 Å². The largest absolute Gasteiger partial charge is 0.457 e. The number of amides is 1. The Balaban J connectivity index is 1.17.